The molecule has 96 valence electrons. The van der Waals surface area contributed by atoms with Gasteiger partial charge in [-0.1, -0.05) is 12.1 Å². The molecule has 5 heteroatoms. The fraction of sp³-hybridized carbons (Fsp3) is 0.500. The highest BCUT2D eigenvalue weighted by atomic mass is 32.2. The molecule has 0 saturated heterocycles. The lowest BCUT2D eigenvalue weighted by Crippen LogP contribution is -2.15. The summed E-state index contributed by atoms with van der Waals surface area (Å²) in [5.41, 5.74) is 6.37. The van der Waals surface area contributed by atoms with Gasteiger partial charge in [-0.25, -0.2) is 8.42 Å². The minimum absolute atomic E-state index is 0.00709. The van der Waals surface area contributed by atoms with Gasteiger partial charge in [-0.05, 0) is 31.5 Å². The zero-order valence-corrected chi connectivity index (χ0v) is 11.0. The molecule has 17 heavy (non-hydrogen) atoms. The Morgan fingerprint density at radius 2 is 1.82 bits per heavy atom. The summed E-state index contributed by atoms with van der Waals surface area (Å²) in [6, 6.07) is 6.65. The number of ether oxygens (including phenoxy) is 1. The van der Waals surface area contributed by atoms with E-state index in [2.05, 4.69) is 0 Å². The van der Waals surface area contributed by atoms with Gasteiger partial charge in [-0.3, -0.25) is 0 Å². The van der Waals surface area contributed by atoms with Crippen molar-refractivity contribution in [3.8, 4) is 0 Å². The summed E-state index contributed by atoms with van der Waals surface area (Å²) in [6.07, 6.45) is 0.0461. The summed E-state index contributed by atoms with van der Waals surface area (Å²) < 4.78 is 29.0. The number of hydrogen-bond donors (Lipinski definition) is 1. The normalized spacial score (nSPS) is 12.0. The summed E-state index contributed by atoms with van der Waals surface area (Å²) >= 11 is 0. The fourth-order valence-electron chi connectivity index (χ4n) is 1.34. The molecule has 1 aromatic rings. The standard InChI is InChI=1S/C12H19NO3S/c1-10(2)16-7-8-17(14,15)12-5-3-11(9-13)4-6-12/h3-6,10H,7-9,13H2,1-2H3. The monoisotopic (exact) mass is 257 g/mol. The SMILES string of the molecule is CC(C)OCCS(=O)(=O)c1ccc(CN)cc1. The first-order valence-electron chi connectivity index (χ1n) is 5.59. The largest absolute Gasteiger partial charge is 0.378 e. The maximum atomic E-state index is 11.9. The number of sulfone groups is 1. The highest BCUT2D eigenvalue weighted by molar-refractivity contribution is 7.91. The van der Waals surface area contributed by atoms with E-state index in [4.69, 9.17) is 10.5 Å². The Morgan fingerprint density at radius 3 is 2.29 bits per heavy atom. The maximum absolute atomic E-state index is 11.9. The van der Waals surface area contributed by atoms with Crippen molar-refractivity contribution < 1.29 is 13.2 Å². The summed E-state index contributed by atoms with van der Waals surface area (Å²) in [4.78, 5) is 0.321. The lowest BCUT2D eigenvalue weighted by Gasteiger charge is -2.08. The maximum Gasteiger partial charge on any atom is 0.180 e. The van der Waals surface area contributed by atoms with Gasteiger partial charge < -0.3 is 10.5 Å². The molecule has 0 saturated carbocycles. The van der Waals surface area contributed by atoms with E-state index in [0.717, 1.165) is 5.56 Å². The molecule has 0 fully saturated rings. The first-order chi connectivity index (χ1) is 7.95. The zero-order chi connectivity index (χ0) is 12.9. The van der Waals surface area contributed by atoms with Crippen LogP contribution in [0.15, 0.2) is 29.2 Å². The van der Waals surface area contributed by atoms with E-state index in [1.807, 2.05) is 13.8 Å². The average molecular weight is 257 g/mol. The number of benzene rings is 1. The van der Waals surface area contributed by atoms with Crippen molar-refractivity contribution in [3.63, 3.8) is 0 Å². The van der Waals surface area contributed by atoms with Crippen LogP contribution >= 0.6 is 0 Å². The van der Waals surface area contributed by atoms with Crippen LogP contribution < -0.4 is 5.73 Å². The Kier molecular flexibility index (Phi) is 5.11. The number of hydrogen-bond acceptors (Lipinski definition) is 4. The van der Waals surface area contributed by atoms with Gasteiger partial charge in [0.1, 0.15) is 0 Å². The highest BCUT2D eigenvalue weighted by Crippen LogP contribution is 2.12. The summed E-state index contributed by atoms with van der Waals surface area (Å²) in [5, 5.41) is 0. The van der Waals surface area contributed by atoms with Crippen molar-refractivity contribution in [2.45, 2.75) is 31.4 Å². The third-order valence-corrected chi connectivity index (χ3v) is 4.02. The summed E-state index contributed by atoms with van der Waals surface area (Å²) in [5.74, 6) is 0.00709. The van der Waals surface area contributed by atoms with E-state index in [1.165, 1.54) is 0 Å². The lowest BCUT2D eigenvalue weighted by molar-refractivity contribution is 0.0912. The molecule has 0 aliphatic rings. The third kappa shape index (κ3) is 4.46. The third-order valence-electron chi connectivity index (χ3n) is 2.32. The fourth-order valence-corrected chi connectivity index (χ4v) is 2.45. The Balaban J connectivity index is 2.68. The molecule has 0 bridgehead atoms. The molecule has 1 aromatic carbocycles. The summed E-state index contributed by atoms with van der Waals surface area (Å²) in [7, 11) is -3.25. The van der Waals surface area contributed by atoms with Crippen molar-refractivity contribution in [3.05, 3.63) is 29.8 Å². The van der Waals surface area contributed by atoms with Crippen molar-refractivity contribution in [1.82, 2.24) is 0 Å². The van der Waals surface area contributed by atoms with Crippen LogP contribution in [0.1, 0.15) is 19.4 Å². The number of nitrogens with two attached hydrogens (primary N) is 1. The van der Waals surface area contributed by atoms with Gasteiger partial charge >= 0.3 is 0 Å². The molecular weight excluding hydrogens is 238 g/mol. The van der Waals surface area contributed by atoms with E-state index in [9.17, 15) is 8.42 Å². The molecule has 0 amide bonds. The van der Waals surface area contributed by atoms with Gasteiger partial charge in [0.05, 0.1) is 23.4 Å². The van der Waals surface area contributed by atoms with Crippen molar-refractivity contribution in [1.29, 1.82) is 0 Å². The first-order valence-corrected chi connectivity index (χ1v) is 7.24. The van der Waals surface area contributed by atoms with E-state index in [1.54, 1.807) is 24.3 Å². The molecule has 2 N–H and O–H groups in total. The molecule has 0 aromatic heterocycles. The van der Waals surface area contributed by atoms with Crippen LogP contribution in [0.25, 0.3) is 0 Å². The minimum atomic E-state index is -3.25. The first kappa shape index (κ1) is 14.2. The van der Waals surface area contributed by atoms with Gasteiger partial charge in [0.25, 0.3) is 0 Å². The van der Waals surface area contributed by atoms with Crippen molar-refractivity contribution in [2.24, 2.45) is 5.73 Å². The smallest absolute Gasteiger partial charge is 0.180 e. The molecule has 0 heterocycles. The molecule has 0 spiro atoms. The highest BCUT2D eigenvalue weighted by Gasteiger charge is 2.14. The van der Waals surface area contributed by atoms with Crippen LogP contribution in [-0.2, 0) is 21.1 Å². The van der Waals surface area contributed by atoms with E-state index >= 15 is 0 Å². The quantitative estimate of drug-likeness (QED) is 0.835. The molecule has 0 aliphatic carbocycles. The van der Waals surface area contributed by atoms with Gasteiger partial charge in [0, 0.05) is 6.54 Å². The van der Waals surface area contributed by atoms with Crippen LogP contribution in [0.5, 0.6) is 0 Å². The predicted octanol–water partition coefficient (Wildman–Crippen LogP) is 1.34. The lowest BCUT2D eigenvalue weighted by atomic mass is 10.2. The van der Waals surface area contributed by atoms with E-state index in [-0.39, 0.29) is 18.5 Å². The van der Waals surface area contributed by atoms with E-state index < -0.39 is 9.84 Å². The van der Waals surface area contributed by atoms with Crippen LogP contribution in [0.3, 0.4) is 0 Å². The van der Waals surface area contributed by atoms with Crippen molar-refractivity contribution >= 4 is 9.84 Å². The second kappa shape index (κ2) is 6.14. The molecule has 0 unspecified atom stereocenters. The Morgan fingerprint density at radius 1 is 1.24 bits per heavy atom. The second-order valence-corrected chi connectivity index (χ2v) is 6.20. The predicted molar refractivity (Wildman–Crippen MR) is 67.5 cm³/mol. The van der Waals surface area contributed by atoms with Gasteiger partial charge in [-0.15, -0.1) is 0 Å². The van der Waals surface area contributed by atoms with Crippen LogP contribution in [-0.4, -0.2) is 26.9 Å². The van der Waals surface area contributed by atoms with Crippen LogP contribution in [0, 0.1) is 0 Å². The Labute approximate surface area is 103 Å². The van der Waals surface area contributed by atoms with Crippen molar-refractivity contribution in [2.75, 3.05) is 12.4 Å². The van der Waals surface area contributed by atoms with Gasteiger partial charge in [0.15, 0.2) is 9.84 Å². The minimum Gasteiger partial charge on any atom is -0.378 e. The average Bonchev–Trinajstić information content (AvgIpc) is 2.28. The Bertz CT molecular complexity index is 437. The second-order valence-electron chi connectivity index (χ2n) is 4.09. The molecule has 4 nitrogen and oxygen atoms in total. The van der Waals surface area contributed by atoms with Crippen LogP contribution in [0.4, 0.5) is 0 Å². The Hall–Kier alpha value is -0.910. The molecular formula is C12H19NO3S. The number of rotatable bonds is 6. The van der Waals surface area contributed by atoms with Crippen LogP contribution in [0.2, 0.25) is 0 Å². The molecule has 0 atom stereocenters. The van der Waals surface area contributed by atoms with Gasteiger partial charge in [-0.2, -0.15) is 0 Å². The van der Waals surface area contributed by atoms with E-state index in [0.29, 0.717) is 11.4 Å². The molecule has 0 radical (unpaired) electrons. The topological polar surface area (TPSA) is 69.4 Å². The summed E-state index contributed by atoms with van der Waals surface area (Å²) in [6.45, 7) is 4.39. The zero-order valence-electron chi connectivity index (χ0n) is 10.2. The molecule has 0 aliphatic heterocycles. The molecule has 1 rings (SSSR count). The van der Waals surface area contributed by atoms with Gasteiger partial charge in [0.2, 0.25) is 0 Å².